The lowest BCUT2D eigenvalue weighted by Gasteiger charge is -2.04. The number of hydrogen-bond acceptors (Lipinski definition) is 5. The molecule has 2 heterocycles. The van der Waals surface area contributed by atoms with Gasteiger partial charge in [-0.1, -0.05) is 5.21 Å². The number of hydrogen-bond donors (Lipinski definition) is 1. The van der Waals surface area contributed by atoms with Gasteiger partial charge in [-0.2, -0.15) is 0 Å². The molecular formula is C12H14N4O2S. The number of thiazole rings is 1. The molecule has 3 rings (SSSR count). The lowest BCUT2D eigenvalue weighted by Crippen LogP contribution is -2.06. The molecule has 6 nitrogen and oxygen atoms in total. The SMILES string of the molecule is Cc1nc(C)c(-c2c(C(=O)O)nnn2CC2CC2)s1. The van der Waals surface area contributed by atoms with Gasteiger partial charge in [-0.15, -0.1) is 16.4 Å². The van der Waals surface area contributed by atoms with Gasteiger partial charge in [-0.05, 0) is 32.6 Å². The molecule has 0 unspecified atom stereocenters. The number of carboxylic acids is 1. The molecule has 1 aliphatic rings. The highest BCUT2D eigenvalue weighted by Gasteiger charge is 2.28. The molecule has 2 aromatic heterocycles. The Morgan fingerprint density at radius 3 is 2.74 bits per heavy atom. The minimum absolute atomic E-state index is 0.0207. The van der Waals surface area contributed by atoms with E-state index in [4.69, 9.17) is 0 Å². The predicted molar refractivity (Wildman–Crippen MR) is 70.3 cm³/mol. The second kappa shape index (κ2) is 4.41. The van der Waals surface area contributed by atoms with Gasteiger partial charge in [-0.3, -0.25) is 0 Å². The Morgan fingerprint density at radius 1 is 1.47 bits per heavy atom. The molecular weight excluding hydrogens is 264 g/mol. The third-order valence-corrected chi connectivity index (χ3v) is 4.26. The number of nitrogens with zero attached hydrogens (tertiary/aromatic N) is 4. The van der Waals surface area contributed by atoms with Crippen molar-refractivity contribution in [1.82, 2.24) is 20.0 Å². The summed E-state index contributed by atoms with van der Waals surface area (Å²) in [5.74, 6) is -0.432. The van der Waals surface area contributed by atoms with Gasteiger partial charge in [0, 0.05) is 6.54 Å². The van der Waals surface area contributed by atoms with E-state index in [0.717, 1.165) is 22.1 Å². The minimum Gasteiger partial charge on any atom is -0.476 e. The minimum atomic E-state index is -1.04. The summed E-state index contributed by atoms with van der Waals surface area (Å²) < 4.78 is 1.72. The first-order valence-electron chi connectivity index (χ1n) is 6.17. The summed E-state index contributed by atoms with van der Waals surface area (Å²) in [6.45, 7) is 4.54. The van der Waals surface area contributed by atoms with Crippen molar-refractivity contribution in [2.24, 2.45) is 5.92 Å². The van der Waals surface area contributed by atoms with Gasteiger partial charge in [0.1, 0.15) is 5.69 Å². The Labute approximate surface area is 114 Å². The van der Waals surface area contributed by atoms with Crippen molar-refractivity contribution < 1.29 is 9.90 Å². The van der Waals surface area contributed by atoms with Crippen LogP contribution in [0.3, 0.4) is 0 Å². The van der Waals surface area contributed by atoms with Crippen LogP contribution in [0.4, 0.5) is 0 Å². The smallest absolute Gasteiger partial charge is 0.358 e. The van der Waals surface area contributed by atoms with E-state index in [-0.39, 0.29) is 5.69 Å². The van der Waals surface area contributed by atoms with Gasteiger partial charge in [0.2, 0.25) is 0 Å². The highest BCUT2D eigenvalue weighted by Crippen LogP contribution is 2.35. The second-order valence-electron chi connectivity index (χ2n) is 4.86. The standard InChI is InChI=1S/C12H14N4O2S/c1-6-11(19-7(2)13-6)10-9(12(17)18)14-15-16(10)5-8-3-4-8/h8H,3-5H2,1-2H3,(H,17,18). The van der Waals surface area contributed by atoms with E-state index in [1.165, 1.54) is 24.2 Å². The molecule has 1 fully saturated rings. The summed E-state index contributed by atoms with van der Waals surface area (Å²) in [5.41, 5.74) is 1.46. The lowest BCUT2D eigenvalue weighted by molar-refractivity contribution is 0.0691. The molecule has 0 amide bonds. The Morgan fingerprint density at radius 2 is 2.21 bits per heavy atom. The molecule has 0 bridgehead atoms. The van der Waals surface area contributed by atoms with E-state index in [9.17, 15) is 9.90 Å². The maximum absolute atomic E-state index is 11.3. The van der Waals surface area contributed by atoms with E-state index in [1.54, 1.807) is 4.68 Å². The van der Waals surface area contributed by atoms with Crippen LogP contribution in [-0.2, 0) is 6.54 Å². The summed E-state index contributed by atoms with van der Waals surface area (Å²) in [5, 5.41) is 18.0. The van der Waals surface area contributed by atoms with E-state index < -0.39 is 5.97 Å². The largest absolute Gasteiger partial charge is 0.476 e. The normalized spacial score (nSPS) is 14.8. The van der Waals surface area contributed by atoms with Gasteiger partial charge >= 0.3 is 5.97 Å². The van der Waals surface area contributed by atoms with Crippen molar-refractivity contribution >= 4 is 17.3 Å². The topological polar surface area (TPSA) is 80.9 Å². The number of aromatic nitrogens is 4. The van der Waals surface area contributed by atoms with Gasteiger partial charge in [0.25, 0.3) is 0 Å². The number of carbonyl (C=O) groups is 1. The first-order valence-corrected chi connectivity index (χ1v) is 6.99. The molecule has 2 aromatic rings. The molecule has 7 heteroatoms. The first kappa shape index (κ1) is 12.3. The monoisotopic (exact) mass is 278 g/mol. The Kier molecular flexibility index (Phi) is 2.85. The van der Waals surface area contributed by atoms with Crippen molar-refractivity contribution in [2.45, 2.75) is 33.2 Å². The summed E-state index contributed by atoms with van der Waals surface area (Å²) in [4.78, 5) is 16.5. The van der Waals surface area contributed by atoms with Crippen LogP contribution in [0.2, 0.25) is 0 Å². The molecule has 19 heavy (non-hydrogen) atoms. The molecule has 0 spiro atoms. The van der Waals surface area contributed by atoms with Crippen LogP contribution in [0, 0.1) is 19.8 Å². The molecule has 0 atom stereocenters. The molecule has 100 valence electrons. The maximum Gasteiger partial charge on any atom is 0.358 e. The highest BCUT2D eigenvalue weighted by atomic mass is 32.1. The third-order valence-electron chi connectivity index (χ3n) is 3.18. The molecule has 0 aliphatic heterocycles. The van der Waals surface area contributed by atoms with E-state index in [0.29, 0.717) is 11.6 Å². The number of carboxylic acid groups (broad SMARTS) is 1. The van der Waals surface area contributed by atoms with Gasteiger partial charge in [0.05, 0.1) is 15.6 Å². The van der Waals surface area contributed by atoms with Crippen LogP contribution >= 0.6 is 11.3 Å². The Balaban J connectivity index is 2.12. The van der Waals surface area contributed by atoms with Gasteiger partial charge in [-0.25, -0.2) is 14.5 Å². The predicted octanol–water partition coefficient (Wildman–Crippen LogP) is 2.13. The Hall–Kier alpha value is -1.76. The fourth-order valence-electron chi connectivity index (χ4n) is 2.11. The Bertz CT molecular complexity index is 642. The van der Waals surface area contributed by atoms with E-state index in [2.05, 4.69) is 15.3 Å². The molecule has 0 saturated heterocycles. The van der Waals surface area contributed by atoms with Crippen LogP contribution in [0.5, 0.6) is 0 Å². The first-order chi connectivity index (χ1) is 9.06. The molecule has 1 aliphatic carbocycles. The highest BCUT2D eigenvalue weighted by molar-refractivity contribution is 7.15. The zero-order valence-electron chi connectivity index (χ0n) is 10.8. The van der Waals surface area contributed by atoms with Gasteiger partial charge < -0.3 is 5.11 Å². The van der Waals surface area contributed by atoms with Crippen LogP contribution in [0.15, 0.2) is 0 Å². The average Bonchev–Trinajstić information content (AvgIpc) is 2.94. The van der Waals surface area contributed by atoms with Crippen molar-refractivity contribution in [3.05, 3.63) is 16.4 Å². The van der Waals surface area contributed by atoms with Crippen LogP contribution in [0.1, 0.15) is 34.0 Å². The number of rotatable bonds is 4. The average molecular weight is 278 g/mol. The van der Waals surface area contributed by atoms with Crippen LogP contribution in [0.25, 0.3) is 10.6 Å². The maximum atomic E-state index is 11.3. The summed E-state index contributed by atoms with van der Waals surface area (Å²) in [6.07, 6.45) is 2.37. The second-order valence-corrected chi connectivity index (χ2v) is 6.07. The summed E-state index contributed by atoms with van der Waals surface area (Å²) >= 11 is 1.49. The summed E-state index contributed by atoms with van der Waals surface area (Å²) in [7, 11) is 0. The van der Waals surface area contributed by atoms with E-state index >= 15 is 0 Å². The third kappa shape index (κ3) is 2.25. The quantitative estimate of drug-likeness (QED) is 0.926. The van der Waals surface area contributed by atoms with Crippen molar-refractivity contribution in [3.63, 3.8) is 0 Å². The van der Waals surface area contributed by atoms with Crippen LogP contribution < -0.4 is 0 Å². The van der Waals surface area contributed by atoms with Gasteiger partial charge in [0.15, 0.2) is 5.69 Å². The fraction of sp³-hybridized carbons (Fsp3) is 0.500. The van der Waals surface area contributed by atoms with Crippen molar-refractivity contribution in [2.75, 3.05) is 0 Å². The molecule has 0 radical (unpaired) electrons. The van der Waals surface area contributed by atoms with Crippen molar-refractivity contribution in [3.8, 4) is 10.6 Å². The van der Waals surface area contributed by atoms with Crippen molar-refractivity contribution in [1.29, 1.82) is 0 Å². The van der Waals surface area contributed by atoms with E-state index in [1.807, 2.05) is 13.8 Å². The zero-order chi connectivity index (χ0) is 13.6. The number of aromatic carboxylic acids is 1. The number of aryl methyl sites for hydroxylation is 2. The summed E-state index contributed by atoms with van der Waals surface area (Å²) in [6, 6.07) is 0. The fourth-order valence-corrected chi connectivity index (χ4v) is 3.08. The zero-order valence-corrected chi connectivity index (χ0v) is 11.6. The molecule has 0 aromatic carbocycles. The molecule has 1 N–H and O–H groups in total. The van der Waals surface area contributed by atoms with Crippen LogP contribution in [-0.4, -0.2) is 31.1 Å². The lowest BCUT2D eigenvalue weighted by atomic mass is 10.2. The molecule has 1 saturated carbocycles.